The van der Waals surface area contributed by atoms with Gasteiger partial charge in [0.1, 0.15) is 11.5 Å². The average Bonchev–Trinajstić information content (AvgIpc) is 2.78. The number of para-hydroxylation sites is 3. The van der Waals surface area contributed by atoms with Gasteiger partial charge in [-0.3, -0.25) is 10.2 Å². The first-order valence-electron chi connectivity index (χ1n) is 8.84. The number of hydrogen-bond acceptors (Lipinski definition) is 6. The van der Waals surface area contributed by atoms with Gasteiger partial charge >= 0.3 is 0 Å². The lowest BCUT2D eigenvalue weighted by Gasteiger charge is -2.12. The number of carbonyl (C=O) groups excluding carboxylic acids is 1. The largest absolute Gasteiger partial charge is 0.495 e. The van der Waals surface area contributed by atoms with E-state index in [1.54, 1.807) is 48.5 Å². The second-order valence-electron chi connectivity index (χ2n) is 5.91. The minimum absolute atomic E-state index is 0.185. The van der Waals surface area contributed by atoms with E-state index in [1.165, 1.54) is 7.11 Å². The Labute approximate surface area is 168 Å². The van der Waals surface area contributed by atoms with Crippen LogP contribution in [0.1, 0.15) is 5.56 Å². The summed E-state index contributed by atoms with van der Waals surface area (Å²) in [4.78, 5) is 12.9. The van der Waals surface area contributed by atoms with Crippen molar-refractivity contribution < 1.29 is 14.7 Å². The summed E-state index contributed by atoms with van der Waals surface area (Å²) in [6.07, 6.45) is 0. The standard InChI is InChI=1S/C22H20N4O3/c1-29-19-15-9-8-14-18(19)23-22(27)21(26-28)20(16-10-4-2-5-11-16)25-24-17-12-6-3-7-13-17/h2-15,24,28H,1H3,(H,23,27)/b25-20-,26-21-. The van der Waals surface area contributed by atoms with Crippen LogP contribution in [-0.2, 0) is 4.79 Å². The lowest BCUT2D eigenvalue weighted by Crippen LogP contribution is -2.31. The lowest BCUT2D eigenvalue weighted by atomic mass is 10.1. The number of anilines is 2. The van der Waals surface area contributed by atoms with E-state index in [-0.39, 0.29) is 11.4 Å². The molecule has 0 aromatic heterocycles. The minimum Gasteiger partial charge on any atom is -0.495 e. The molecule has 0 heterocycles. The molecule has 0 atom stereocenters. The van der Waals surface area contributed by atoms with Crippen molar-refractivity contribution in [1.82, 2.24) is 0 Å². The molecule has 0 aliphatic heterocycles. The van der Waals surface area contributed by atoms with Crippen LogP contribution in [0.4, 0.5) is 11.4 Å². The zero-order valence-corrected chi connectivity index (χ0v) is 15.7. The van der Waals surface area contributed by atoms with Crippen LogP contribution in [0.2, 0.25) is 0 Å². The molecule has 0 unspecified atom stereocenters. The van der Waals surface area contributed by atoms with E-state index in [9.17, 15) is 10.0 Å². The van der Waals surface area contributed by atoms with E-state index in [2.05, 4.69) is 21.0 Å². The lowest BCUT2D eigenvalue weighted by molar-refractivity contribution is -0.110. The number of methoxy groups -OCH3 is 1. The second kappa shape index (κ2) is 9.70. The van der Waals surface area contributed by atoms with Crippen LogP contribution in [0.25, 0.3) is 0 Å². The average molecular weight is 388 g/mol. The first kappa shape index (κ1) is 19.6. The number of hydrogen-bond donors (Lipinski definition) is 3. The van der Waals surface area contributed by atoms with E-state index in [0.717, 1.165) is 5.69 Å². The Hall–Kier alpha value is -4.13. The van der Waals surface area contributed by atoms with E-state index in [0.29, 0.717) is 17.0 Å². The molecule has 146 valence electrons. The molecule has 0 spiro atoms. The van der Waals surface area contributed by atoms with Gasteiger partial charge in [0.2, 0.25) is 0 Å². The Morgan fingerprint density at radius 2 is 1.52 bits per heavy atom. The van der Waals surface area contributed by atoms with Gasteiger partial charge in [0.05, 0.1) is 18.5 Å². The molecule has 1 amide bonds. The van der Waals surface area contributed by atoms with Gasteiger partial charge < -0.3 is 15.3 Å². The van der Waals surface area contributed by atoms with Crippen molar-refractivity contribution in [2.75, 3.05) is 17.9 Å². The molecule has 0 saturated heterocycles. The van der Waals surface area contributed by atoms with E-state index in [4.69, 9.17) is 4.74 Å². The molecule has 0 saturated carbocycles. The van der Waals surface area contributed by atoms with Crippen molar-refractivity contribution in [2.45, 2.75) is 0 Å². The summed E-state index contributed by atoms with van der Waals surface area (Å²) in [6, 6.07) is 25.2. The van der Waals surface area contributed by atoms with Crippen LogP contribution in [0.5, 0.6) is 5.75 Å². The number of benzene rings is 3. The molecular weight excluding hydrogens is 368 g/mol. The number of carbonyl (C=O) groups is 1. The molecule has 3 N–H and O–H groups in total. The van der Waals surface area contributed by atoms with Crippen molar-refractivity contribution in [3.05, 3.63) is 90.5 Å². The van der Waals surface area contributed by atoms with Crippen molar-refractivity contribution in [3.63, 3.8) is 0 Å². The Kier molecular flexibility index (Phi) is 6.57. The van der Waals surface area contributed by atoms with Gasteiger partial charge in [-0.15, -0.1) is 0 Å². The highest BCUT2D eigenvalue weighted by molar-refractivity contribution is 6.71. The predicted octanol–water partition coefficient (Wildman–Crippen LogP) is 3.98. The molecule has 7 heteroatoms. The number of rotatable bonds is 7. The summed E-state index contributed by atoms with van der Waals surface area (Å²) in [5, 5.41) is 19.9. The zero-order valence-electron chi connectivity index (χ0n) is 15.7. The number of nitrogens with one attached hydrogen (secondary N) is 2. The van der Waals surface area contributed by atoms with Crippen molar-refractivity contribution in [3.8, 4) is 5.75 Å². The number of amides is 1. The van der Waals surface area contributed by atoms with Crippen molar-refractivity contribution >= 4 is 28.7 Å². The fraction of sp³-hybridized carbons (Fsp3) is 0.0455. The summed E-state index contributed by atoms with van der Waals surface area (Å²) in [5.41, 5.74) is 4.61. The van der Waals surface area contributed by atoms with E-state index in [1.807, 2.05) is 36.4 Å². The minimum atomic E-state index is -0.630. The third-order valence-electron chi connectivity index (χ3n) is 4.01. The first-order valence-corrected chi connectivity index (χ1v) is 8.84. The predicted molar refractivity (Wildman–Crippen MR) is 114 cm³/mol. The number of ether oxygens (including phenoxy) is 1. The highest BCUT2D eigenvalue weighted by Crippen LogP contribution is 2.23. The van der Waals surface area contributed by atoms with Crippen LogP contribution < -0.4 is 15.5 Å². The van der Waals surface area contributed by atoms with Gasteiger partial charge in [0.25, 0.3) is 5.91 Å². The summed E-state index contributed by atoms with van der Waals surface area (Å²) < 4.78 is 5.25. The van der Waals surface area contributed by atoms with Gasteiger partial charge in [0, 0.05) is 5.56 Å². The summed E-state index contributed by atoms with van der Waals surface area (Å²) >= 11 is 0. The Balaban J connectivity index is 1.93. The first-order chi connectivity index (χ1) is 14.2. The van der Waals surface area contributed by atoms with Gasteiger partial charge in [-0.25, -0.2) is 0 Å². The third-order valence-corrected chi connectivity index (χ3v) is 4.01. The van der Waals surface area contributed by atoms with Crippen molar-refractivity contribution in [1.29, 1.82) is 0 Å². The molecule has 0 fully saturated rings. The number of hydrazone groups is 1. The molecule has 29 heavy (non-hydrogen) atoms. The maximum Gasteiger partial charge on any atom is 0.280 e. The highest BCUT2D eigenvalue weighted by Gasteiger charge is 2.22. The summed E-state index contributed by atoms with van der Waals surface area (Å²) in [5.74, 6) is -0.145. The molecule has 0 radical (unpaired) electrons. The summed E-state index contributed by atoms with van der Waals surface area (Å²) in [7, 11) is 1.51. The Morgan fingerprint density at radius 1 is 0.897 bits per heavy atom. The van der Waals surface area contributed by atoms with Gasteiger partial charge in [-0.05, 0) is 24.3 Å². The smallest absolute Gasteiger partial charge is 0.280 e. The van der Waals surface area contributed by atoms with Crippen LogP contribution >= 0.6 is 0 Å². The molecule has 3 aromatic rings. The van der Waals surface area contributed by atoms with Crippen LogP contribution in [-0.4, -0.2) is 29.6 Å². The van der Waals surface area contributed by atoms with Gasteiger partial charge in [-0.2, -0.15) is 5.10 Å². The van der Waals surface area contributed by atoms with Crippen LogP contribution in [0.3, 0.4) is 0 Å². The Morgan fingerprint density at radius 3 is 2.17 bits per heavy atom. The molecule has 7 nitrogen and oxygen atoms in total. The normalized spacial score (nSPS) is 11.6. The van der Waals surface area contributed by atoms with Crippen LogP contribution in [0.15, 0.2) is 95.2 Å². The van der Waals surface area contributed by atoms with Crippen molar-refractivity contribution in [2.24, 2.45) is 10.3 Å². The van der Waals surface area contributed by atoms with E-state index >= 15 is 0 Å². The quantitative estimate of drug-likeness (QED) is 0.324. The monoisotopic (exact) mass is 388 g/mol. The number of oxime groups is 1. The number of nitrogens with zero attached hydrogens (tertiary/aromatic N) is 2. The second-order valence-corrected chi connectivity index (χ2v) is 5.91. The topological polar surface area (TPSA) is 95.3 Å². The Bertz CT molecular complexity index is 1020. The molecule has 3 rings (SSSR count). The molecule has 3 aromatic carbocycles. The van der Waals surface area contributed by atoms with Crippen LogP contribution in [0, 0.1) is 0 Å². The third kappa shape index (κ3) is 4.98. The van der Waals surface area contributed by atoms with Gasteiger partial charge in [-0.1, -0.05) is 65.8 Å². The maximum atomic E-state index is 12.9. The maximum absolute atomic E-state index is 12.9. The fourth-order valence-electron chi connectivity index (χ4n) is 2.61. The fourth-order valence-corrected chi connectivity index (χ4v) is 2.61. The molecule has 0 aliphatic carbocycles. The molecular formula is C22H20N4O3. The van der Waals surface area contributed by atoms with E-state index < -0.39 is 5.91 Å². The molecule has 0 bridgehead atoms. The highest BCUT2D eigenvalue weighted by atomic mass is 16.5. The summed E-state index contributed by atoms with van der Waals surface area (Å²) in [6.45, 7) is 0. The van der Waals surface area contributed by atoms with Gasteiger partial charge in [0.15, 0.2) is 5.71 Å². The molecule has 0 aliphatic rings. The SMILES string of the molecule is COc1ccccc1NC(=O)C(=N\O)/C(=N\Nc1ccccc1)c1ccccc1. The zero-order chi connectivity index (χ0) is 20.5.